The Morgan fingerprint density at radius 1 is 0.900 bits per heavy atom. The molecule has 1 aromatic carbocycles. The van der Waals surface area contributed by atoms with Gasteiger partial charge in [0, 0.05) is 0 Å². The van der Waals surface area contributed by atoms with Crippen LogP contribution in [0, 0.1) is 42.2 Å². The molecule has 2 saturated carbocycles. The molecule has 7 heteroatoms. The van der Waals surface area contributed by atoms with Gasteiger partial charge < -0.3 is 0 Å². The first-order valence-electron chi connectivity index (χ1n) is 15.6. The summed E-state index contributed by atoms with van der Waals surface area (Å²) in [6.07, 6.45) is 5.88. The van der Waals surface area contributed by atoms with Gasteiger partial charge in [0.05, 0.1) is 25.2 Å². The molecule has 3 aliphatic rings. The van der Waals surface area contributed by atoms with Gasteiger partial charge in [0.15, 0.2) is 0 Å². The Balaban J connectivity index is 0.000000232. The molecule has 0 bridgehead atoms. The van der Waals surface area contributed by atoms with Crippen LogP contribution in [0.2, 0.25) is 0 Å². The fourth-order valence-corrected chi connectivity index (χ4v) is 9.85. The summed E-state index contributed by atoms with van der Waals surface area (Å²) in [5.41, 5.74) is 0.966. The molecule has 1 heterocycles. The van der Waals surface area contributed by atoms with Gasteiger partial charge in [-0.3, -0.25) is 0 Å². The van der Waals surface area contributed by atoms with Crippen molar-refractivity contribution in [3.8, 4) is 11.5 Å². The average Bonchev–Trinajstić information content (AvgIpc) is 3.28. The third-order valence-corrected chi connectivity index (χ3v) is 10.8. The van der Waals surface area contributed by atoms with Crippen molar-refractivity contribution in [2.24, 2.45) is 35.5 Å². The van der Waals surface area contributed by atoms with E-state index in [1.165, 1.54) is 38.8 Å². The van der Waals surface area contributed by atoms with Crippen molar-refractivity contribution in [3.63, 3.8) is 0 Å². The van der Waals surface area contributed by atoms with E-state index in [2.05, 4.69) is 62.7 Å². The molecule has 1 aliphatic heterocycles. The van der Waals surface area contributed by atoms with Crippen LogP contribution in [0.3, 0.4) is 0 Å². The van der Waals surface area contributed by atoms with Crippen molar-refractivity contribution >= 4 is 24.0 Å². The van der Waals surface area contributed by atoms with Gasteiger partial charge >= 0.3 is 116 Å². The van der Waals surface area contributed by atoms with Crippen molar-refractivity contribution < 1.29 is 23.0 Å². The summed E-state index contributed by atoms with van der Waals surface area (Å²) in [5, 5.41) is 0. The van der Waals surface area contributed by atoms with Crippen molar-refractivity contribution in [2.45, 2.75) is 106 Å². The van der Waals surface area contributed by atoms with Crippen LogP contribution in [0.1, 0.15) is 93.6 Å². The number of hydrogen-bond donors (Lipinski definition) is 0. The molecule has 2 aliphatic carbocycles. The number of aliphatic hydroxyl groups is 1. The van der Waals surface area contributed by atoms with E-state index >= 15 is 0 Å². The maximum absolute atomic E-state index is 5.92. The molecule has 230 valence electrons. The van der Waals surface area contributed by atoms with Crippen LogP contribution < -0.4 is 4.74 Å². The first-order chi connectivity index (χ1) is 18.9. The molecular weight excluding hydrogens is 628 g/mol. The minimum absolute atomic E-state index is 0.242. The van der Waals surface area contributed by atoms with Gasteiger partial charge in [0.1, 0.15) is 0 Å². The van der Waals surface area contributed by atoms with Crippen LogP contribution in [0.5, 0.6) is 11.5 Å². The summed E-state index contributed by atoms with van der Waals surface area (Å²) in [6.45, 7) is 26.5. The number of ether oxygens (including phenoxy) is 2. The predicted octanol–water partition coefficient (Wildman–Crippen LogP) is 8.68. The van der Waals surface area contributed by atoms with E-state index < -0.39 is 13.5 Å². The van der Waals surface area contributed by atoms with Gasteiger partial charge in [-0.25, -0.2) is 0 Å². The summed E-state index contributed by atoms with van der Waals surface area (Å²) in [6, 6.07) is 7.34. The molecule has 0 radical (unpaired) electrons. The number of benzene rings is 1. The SMILES string of the molecule is CC1C[C@@H](C)C(N2[CH+]N(C3[C@@H](C)CC(C)C[C@@H]3C)CC2)[C@H](C)C1.CCOc1ccc([OH+]C(C)C)c([CH]=[Ru]([Cl])[Cl])c1. The van der Waals surface area contributed by atoms with E-state index in [0.29, 0.717) is 6.61 Å². The number of hydrogen-bond acceptors (Lipinski definition) is 3. The average molecular weight is 685 g/mol. The van der Waals surface area contributed by atoms with Crippen molar-refractivity contribution in [2.75, 3.05) is 19.7 Å². The maximum atomic E-state index is 5.92. The number of halogens is 2. The topological polar surface area (TPSA) is 28.5 Å². The van der Waals surface area contributed by atoms with Crippen LogP contribution in [0.25, 0.3) is 0 Å². The van der Waals surface area contributed by atoms with Crippen LogP contribution in [0.4, 0.5) is 0 Å². The van der Waals surface area contributed by atoms with E-state index in [4.69, 9.17) is 24.1 Å². The summed E-state index contributed by atoms with van der Waals surface area (Å²) < 4.78 is 11.9. The number of rotatable bonds is 7. The van der Waals surface area contributed by atoms with Gasteiger partial charge in [-0.05, 0) is 61.2 Å². The van der Waals surface area contributed by atoms with E-state index in [0.717, 1.165) is 64.7 Å². The first kappa shape index (κ1) is 34.2. The zero-order chi connectivity index (χ0) is 29.6. The quantitative estimate of drug-likeness (QED) is 0.164. The fourth-order valence-electron chi connectivity index (χ4n) is 8.06. The summed E-state index contributed by atoms with van der Waals surface area (Å²) in [5.74, 6) is 6.92. The van der Waals surface area contributed by atoms with E-state index in [1.807, 2.05) is 43.6 Å². The van der Waals surface area contributed by atoms with Crippen LogP contribution >= 0.6 is 19.4 Å². The Hall–Kier alpha value is -0.317. The third-order valence-electron chi connectivity index (χ3n) is 9.00. The Bertz CT molecular complexity index is 896. The van der Waals surface area contributed by atoms with E-state index in [9.17, 15) is 0 Å². The molecule has 1 saturated heterocycles. The van der Waals surface area contributed by atoms with Crippen LogP contribution in [0.15, 0.2) is 18.2 Å². The normalized spacial score (nSPS) is 33.5. The molecule has 0 unspecified atom stereocenters. The summed E-state index contributed by atoms with van der Waals surface area (Å²) in [4.78, 5) is 5.44. The Kier molecular flexibility index (Phi) is 13.6. The van der Waals surface area contributed by atoms with Gasteiger partial charge in [-0.15, -0.1) is 9.80 Å². The molecule has 0 amide bonds. The number of aromatic hydroxyl groups is 1. The van der Waals surface area contributed by atoms with Gasteiger partial charge in [0.25, 0.3) is 0 Å². The molecule has 4 nitrogen and oxygen atoms in total. The van der Waals surface area contributed by atoms with Gasteiger partial charge in [-0.1, -0.05) is 41.5 Å². The molecule has 0 spiro atoms. The van der Waals surface area contributed by atoms with Crippen LogP contribution in [-0.4, -0.2) is 57.0 Å². The van der Waals surface area contributed by atoms with E-state index in [-0.39, 0.29) is 6.10 Å². The van der Waals surface area contributed by atoms with Crippen molar-refractivity contribution in [1.82, 2.24) is 9.80 Å². The second-order valence-electron chi connectivity index (χ2n) is 13.3. The molecule has 4 rings (SSSR count). The van der Waals surface area contributed by atoms with Gasteiger partial charge in [0.2, 0.25) is 6.67 Å². The monoisotopic (exact) mass is 684 g/mol. The third kappa shape index (κ3) is 9.60. The Labute approximate surface area is 259 Å². The Morgan fingerprint density at radius 3 is 1.77 bits per heavy atom. The molecule has 1 N–H and O–H groups in total. The molecule has 40 heavy (non-hydrogen) atoms. The molecular formula is C33H56Cl2N2O2Ru+2. The number of nitrogens with zero attached hydrogens (tertiary/aromatic N) is 2. The standard InChI is InChI=1S/C21H39N2.C12H16O2.2ClH.Ru/c1-14-9-16(3)20(17(4)10-14)22-7-8-23(13-22)21-18(5)11-15(2)12-19(21)6;1-5-13-11-6-7-12(10(4)8-11)14-9(2)3;;;/h13-21H,7-12H2,1-6H3;4,6-9H,5H2,1-3H3;2*1H;/q+1;;;;+2/p-1/t14?,15?,16-,17-,18+,19+,20?,21?;;;;. The van der Waals surface area contributed by atoms with Gasteiger partial charge in [-0.2, -0.15) is 0 Å². The first-order valence-corrected chi connectivity index (χ1v) is 21.0. The zero-order valence-corrected chi connectivity index (χ0v) is 29.6. The van der Waals surface area contributed by atoms with E-state index in [1.54, 1.807) is 0 Å². The van der Waals surface area contributed by atoms with Crippen LogP contribution in [-0.2, 0) is 13.5 Å². The minimum atomic E-state index is -1.85. The molecule has 3 fully saturated rings. The second-order valence-corrected chi connectivity index (χ2v) is 19.0. The van der Waals surface area contributed by atoms with Crippen molar-refractivity contribution in [1.29, 1.82) is 0 Å². The predicted molar refractivity (Wildman–Crippen MR) is 170 cm³/mol. The van der Waals surface area contributed by atoms with Crippen molar-refractivity contribution in [3.05, 3.63) is 30.4 Å². The molecule has 0 aromatic heterocycles. The molecule has 1 aromatic rings. The molecule has 4 atom stereocenters. The summed E-state index contributed by atoms with van der Waals surface area (Å²) >= 11 is -1.85. The zero-order valence-electron chi connectivity index (χ0n) is 26.4. The Morgan fingerprint density at radius 2 is 1.38 bits per heavy atom. The fraction of sp³-hybridized carbons (Fsp3) is 0.758. The summed E-state index contributed by atoms with van der Waals surface area (Å²) in [7, 11) is 11.8. The second kappa shape index (κ2) is 16.0.